The minimum atomic E-state index is 1.08. The molecule has 3 heteroatoms. The number of nitrogens with one attached hydrogen (secondary N) is 1. The quantitative estimate of drug-likeness (QED) is 0.490. The highest BCUT2D eigenvalue weighted by Gasteiger charge is 1.54. The van der Waals surface area contributed by atoms with E-state index < -0.39 is 0 Å². The van der Waals surface area contributed by atoms with Gasteiger partial charge in [-0.2, -0.15) is 0 Å². The average Bonchev–Trinajstić information content (AvgIpc) is 1.37. The summed E-state index contributed by atoms with van der Waals surface area (Å²) in [4.78, 5) is 0. The Bertz CT molecular complexity index is 10.0. The van der Waals surface area contributed by atoms with Crippen molar-refractivity contribution >= 4 is 21.8 Å². The van der Waals surface area contributed by atoms with E-state index in [1.807, 2.05) is 0 Å². The van der Waals surface area contributed by atoms with Crippen LogP contribution in [0.4, 0.5) is 0 Å². The molecule has 0 amide bonds. The fraction of sp³-hybridized carbons (Fsp3) is 1.00. The number of hydrogen-bond donors (Lipinski definition) is 1. The highest BCUT2D eigenvalue weighted by atomic mass is 35.7. The lowest BCUT2D eigenvalue weighted by Crippen LogP contribution is -1.81. The van der Waals surface area contributed by atoms with Crippen molar-refractivity contribution < 1.29 is 0 Å². The van der Waals surface area contributed by atoms with Crippen molar-refractivity contribution in [2.24, 2.45) is 0 Å². The van der Waals surface area contributed by atoms with Crippen LogP contribution < -0.4 is 4.72 Å². The van der Waals surface area contributed by atoms with E-state index in [2.05, 4.69) is 4.72 Å². The summed E-state index contributed by atoms with van der Waals surface area (Å²) in [6.07, 6.45) is 0. The first-order chi connectivity index (χ1) is 1.91. The molecule has 0 aromatic rings. The molecule has 0 aromatic heterocycles. The van der Waals surface area contributed by atoms with Gasteiger partial charge in [-0.25, -0.2) is 0 Å². The van der Waals surface area contributed by atoms with E-state index in [-0.39, 0.29) is 0 Å². The fourth-order valence-electron chi connectivity index (χ4n) is 0. The summed E-state index contributed by atoms with van der Waals surface area (Å²) in [6.45, 7) is 0. The Hall–Kier alpha value is 0.600. The molecule has 4 heavy (non-hydrogen) atoms. The summed E-state index contributed by atoms with van der Waals surface area (Å²) in [6, 6.07) is 0. The summed E-state index contributed by atoms with van der Waals surface area (Å²) in [5, 5.41) is 0. The van der Waals surface area contributed by atoms with Gasteiger partial charge in [0.15, 0.2) is 0 Å². The molecule has 1 N–H and O–H groups in total. The van der Waals surface area contributed by atoms with Crippen molar-refractivity contribution in [2.45, 2.75) is 0 Å². The second-order valence-electron chi connectivity index (χ2n) is 0.281. The summed E-state index contributed by atoms with van der Waals surface area (Å²) in [7, 11) is 6.75. The van der Waals surface area contributed by atoms with E-state index in [1.165, 1.54) is 0 Å². The summed E-state index contributed by atoms with van der Waals surface area (Å²) < 4.78 is 2.61. The zero-order chi connectivity index (χ0) is 3.41. The molecule has 0 heterocycles. The maximum absolute atomic E-state index is 4.99. The van der Waals surface area contributed by atoms with E-state index in [9.17, 15) is 0 Å². The molecule has 0 atom stereocenters. The first-order valence-electron chi connectivity index (χ1n) is 0.858. The molecule has 0 fully saturated rings. The zero-order valence-electron chi connectivity index (χ0n) is 2.29. The normalized spacial score (nSPS) is 7.50. The monoisotopic (exact) mass is 97.0 g/mol. The molecule has 0 spiro atoms. The first kappa shape index (κ1) is 4.60. The third-order valence-corrected chi connectivity index (χ3v) is 0.694. The molecule has 0 aliphatic heterocycles. The number of halogens is 1. The largest absolute Gasteiger partial charge is 0.254 e. The third-order valence-electron chi connectivity index (χ3n) is 0.0772. The Kier molecular flexibility index (Phi) is 4.14. The molecular weight excluding hydrogens is 93.5 g/mol. The van der Waals surface area contributed by atoms with Crippen molar-refractivity contribution in [3.8, 4) is 0 Å². The van der Waals surface area contributed by atoms with Gasteiger partial charge in [0.25, 0.3) is 0 Å². The van der Waals surface area contributed by atoms with Crippen LogP contribution in [0.2, 0.25) is 0 Å². The van der Waals surface area contributed by atoms with Gasteiger partial charge in [0.2, 0.25) is 0 Å². The summed E-state index contributed by atoms with van der Waals surface area (Å²) in [5.74, 6) is 0. The third kappa shape index (κ3) is 2.60. The van der Waals surface area contributed by atoms with Gasteiger partial charge in [0, 0.05) is 11.2 Å². The van der Waals surface area contributed by atoms with Gasteiger partial charge in [0.05, 0.1) is 0 Å². The fourth-order valence-corrected chi connectivity index (χ4v) is 0. The van der Waals surface area contributed by atoms with Crippen LogP contribution in [0.3, 0.4) is 0 Å². The standard InChI is InChI=1S/CH4ClNS/c1-3-4-2/h3H,1H3. The predicted molar refractivity (Wildman–Crippen MR) is 22.5 cm³/mol. The molecule has 0 aromatic carbocycles. The highest BCUT2D eigenvalue weighted by molar-refractivity contribution is 8.19. The second-order valence-corrected chi connectivity index (χ2v) is 1.31. The Balaban J connectivity index is 1.97. The van der Waals surface area contributed by atoms with Gasteiger partial charge in [0.1, 0.15) is 0 Å². The molecule has 0 aliphatic carbocycles. The molecule has 0 bridgehead atoms. The molecule has 0 unspecified atom stereocenters. The van der Waals surface area contributed by atoms with E-state index in [0.717, 1.165) is 11.2 Å². The van der Waals surface area contributed by atoms with Gasteiger partial charge < -0.3 is 0 Å². The van der Waals surface area contributed by atoms with Crippen LogP contribution in [-0.4, -0.2) is 7.05 Å². The minimum absolute atomic E-state index is 1.08. The Morgan fingerprint density at radius 2 is 2.25 bits per heavy atom. The van der Waals surface area contributed by atoms with Gasteiger partial charge in [-0.05, 0) is 17.7 Å². The SMILES string of the molecule is CNSCl. The van der Waals surface area contributed by atoms with Crippen molar-refractivity contribution in [3.63, 3.8) is 0 Å². The van der Waals surface area contributed by atoms with E-state index >= 15 is 0 Å². The lowest BCUT2D eigenvalue weighted by atomic mass is 11.6. The van der Waals surface area contributed by atoms with Crippen LogP contribution in [0, 0.1) is 0 Å². The van der Waals surface area contributed by atoms with Crippen LogP contribution in [-0.2, 0) is 0 Å². The Labute approximate surface area is 34.4 Å². The Morgan fingerprint density at radius 1 is 2.00 bits per heavy atom. The molecule has 26 valence electrons. The maximum atomic E-state index is 4.99. The molecule has 1 nitrogen and oxygen atoms in total. The minimum Gasteiger partial charge on any atom is -0.254 e. The van der Waals surface area contributed by atoms with Crippen molar-refractivity contribution in [3.05, 3.63) is 0 Å². The highest BCUT2D eigenvalue weighted by Crippen LogP contribution is 1.92. The van der Waals surface area contributed by atoms with E-state index in [4.69, 9.17) is 10.7 Å². The lowest BCUT2D eigenvalue weighted by molar-refractivity contribution is 1.31. The van der Waals surface area contributed by atoms with Gasteiger partial charge in [-0.3, -0.25) is 4.72 Å². The zero-order valence-corrected chi connectivity index (χ0v) is 3.86. The lowest BCUT2D eigenvalue weighted by Gasteiger charge is -1.71. The van der Waals surface area contributed by atoms with E-state index in [0.29, 0.717) is 0 Å². The molecule has 0 rings (SSSR count). The van der Waals surface area contributed by atoms with Crippen LogP contribution in [0.1, 0.15) is 0 Å². The molecular formula is CH4ClNS. The van der Waals surface area contributed by atoms with Gasteiger partial charge >= 0.3 is 0 Å². The average molecular weight is 97.6 g/mol. The number of rotatable bonds is 1. The van der Waals surface area contributed by atoms with Crippen molar-refractivity contribution in [2.75, 3.05) is 7.05 Å². The maximum Gasteiger partial charge on any atom is 0.0275 e. The molecule has 0 saturated heterocycles. The van der Waals surface area contributed by atoms with Crippen molar-refractivity contribution in [1.82, 2.24) is 4.72 Å². The molecule has 0 saturated carbocycles. The van der Waals surface area contributed by atoms with Crippen LogP contribution in [0.25, 0.3) is 0 Å². The van der Waals surface area contributed by atoms with E-state index in [1.54, 1.807) is 7.05 Å². The molecule has 0 radical (unpaired) electrons. The second kappa shape index (κ2) is 3.60. The van der Waals surface area contributed by atoms with Gasteiger partial charge in [-0.1, -0.05) is 0 Å². The summed E-state index contributed by atoms with van der Waals surface area (Å²) >= 11 is 1.08. The van der Waals surface area contributed by atoms with Crippen LogP contribution in [0.15, 0.2) is 0 Å². The number of hydrogen-bond acceptors (Lipinski definition) is 2. The Morgan fingerprint density at radius 3 is 2.25 bits per heavy atom. The smallest absolute Gasteiger partial charge is 0.0275 e. The van der Waals surface area contributed by atoms with Gasteiger partial charge in [-0.15, -0.1) is 0 Å². The topological polar surface area (TPSA) is 12.0 Å². The van der Waals surface area contributed by atoms with Crippen LogP contribution in [0.5, 0.6) is 0 Å². The predicted octanol–water partition coefficient (Wildman–Crippen LogP) is 1.01. The molecule has 0 aliphatic rings. The van der Waals surface area contributed by atoms with Crippen molar-refractivity contribution in [1.29, 1.82) is 0 Å². The first-order valence-corrected chi connectivity index (χ1v) is 2.50. The summed E-state index contributed by atoms with van der Waals surface area (Å²) in [5.41, 5.74) is 0. The van der Waals surface area contributed by atoms with Crippen LogP contribution >= 0.6 is 21.8 Å².